The first-order valence-electron chi connectivity index (χ1n) is 7.24. The largest absolute Gasteiger partial charge is 0.366 e. The Hall–Kier alpha value is -2.57. The van der Waals surface area contributed by atoms with Crippen LogP contribution in [0.3, 0.4) is 0 Å². The number of nitrogens with two attached hydrogens (primary N) is 1. The maximum Gasteiger partial charge on any atom is 0.250 e. The molecule has 1 aromatic carbocycles. The van der Waals surface area contributed by atoms with E-state index in [-0.39, 0.29) is 5.91 Å². The molecule has 1 aromatic heterocycles. The molecule has 1 aliphatic heterocycles. The first-order chi connectivity index (χ1) is 10.5. The third-order valence-electron chi connectivity index (χ3n) is 4.16. The van der Waals surface area contributed by atoms with E-state index in [1.807, 2.05) is 28.6 Å². The number of amides is 2. The number of benzene rings is 1. The number of piperazine rings is 1. The number of fused-ring (bicyclic) bond motifs is 1. The van der Waals surface area contributed by atoms with Crippen molar-refractivity contribution in [2.75, 3.05) is 31.1 Å². The Bertz CT molecular complexity index is 744. The zero-order valence-corrected chi connectivity index (χ0v) is 12.7. The van der Waals surface area contributed by atoms with Crippen molar-refractivity contribution in [1.29, 1.82) is 0 Å². The standard InChI is InChI=1S/C15H19N5O2/c1-10(21)19-6-8-20(9-7-19)15-17-13-11(14(16)22)4-3-5-12(13)18(15)2/h3-5H,6-9H2,1-2H3,(H2,16,22). The van der Waals surface area contributed by atoms with Crippen molar-refractivity contribution < 1.29 is 9.59 Å². The van der Waals surface area contributed by atoms with Crippen molar-refractivity contribution in [3.63, 3.8) is 0 Å². The second-order valence-electron chi connectivity index (χ2n) is 5.50. The minimum Gasteiger partial charge on any atom is -0.366 e. The van der Waals surface area contributed by atoms with Crippen LogP contribution < -0.4 is 10.6 Å². The van der Waals surface area contributed by atoms with E-state index in [2.05, 4.69) is 9.88 Å². The Labute approximate surface area is 128 Å². The molecule has 0 atom stereocenters. The van der Waals surface area contributed by atoms with Gasteiger partial charge in [0.2, 0.25) is 11.9 Å². The van der Waals surface area contributed by atoms with Gasteiger partial charge < -0.3 is 20.1 Å². The van der Waals surface area contributed by atoms with Gasteiger partial charge in [0.15, 0.2) is 0 Å². The summed E-state index contributed by atoms with van der Waals surface area (Å²) in [7, 11) is 1.92. The molecule has 1 fully saturated rings. The van der Waals surface area contributed by atoms with Crippen molar-refractivity contribution in [3.05, 3.63) is 23.8 Å². The van der Waals surface area contributed by atoms with Gasteiger partial charge in [0.05, 0.1) is 11.1 Å². The van der Waals surface area contributed by atoms with Crippen LogP contribution >= 0.6 is 0 Å². The second-order valence-corrected chi connectivity index (χ2v) is 5.50. The van der Waals surface area contributed by atoms with Crippen LogP contribution in [0.2, 0.25) is 0 Å². The van der Waals surface area contributed by atoms with Crippen molar-refractivity contribution in [3.8, 4) is 0 Å². The highest BCUT2D eigenvalue weighted by Crippen LogP contribution is 2.24. The van der Waals surface area contributed by atoms with Crippen LogP contribution in [-0.2, 0) is 11.8 Å². The Morgan fingerprint density at radius 2 is 1.86 bits per heavy atom. The number of hydrogen-bond donors (Lipinski definition) is 1. The summed E-state index contributed by atoms with van der Waals surface area (Å²) in [5, 5.41) is 0. The summed E-state index contributed by atoms with van der Waals surface area (Å²) >= 11 is 0. The van der Waals surface area contributed by atoms with Crippen molar-refractivity contribution in [1.82, 2.24) is 14.5 Å². The highest BCUT2D eigenvalue weighted by molar-refractivity contribution is 6.04. The molecular formula is C15H19N5O2. The van der Waals surface area contributed by atoms with Crippen LogP contribution in [0.1, 0.15) is 17.3 Å². The monoisotopic (exact) mass is 301 g/mol. The molecule has 0 aliphatic carbocycles. The van der Waals surface area contributed by atoms with Crippen LogP contribution in [0, 0.1) is 0 Å². The van der Waals surface area contributed by atoms with Gasteiger partial charge in [0.1, 0.15) is 5.52 Å². The zero-order valence-electron chi connectivity index (χ0n) is 12.7. The number of carbonyl (C=O) groups excluding carboxylic acids is 2. The lowest BCUT2D eigenvalue weighted by Crippen LogP contribution is -2.48. The van der Waals surface area contributed by atoms with Crippen molar-refractivity contribution in [2.45, 2.75) is 6.92 Å². The molecule has 22 heavy (non-hydrogen) atoms. The Morgan fingerprint density at radius 1 is 1.18 bits per heavy atom. The number of para-hydroxylation sites is 1. The fraction of sp³-hybridized carbons (Fsp3) is 0.400. The Kier molecular flexibility index (Phi) is 3.48. The van der Waals surface area contributed by atoms with E-state index in [1.165, 1.54) is 0 Å². The van der Waals surface area contributed by atoms with Crippen LogP contribution in [0.5, 0.6) is 0 Å². The molecule has 1 saturated heterocycles. The number of imidazole rings is 1. The van der Waals surface area contributed by atoms with Crippen LogP contribution in [0.15, 0.2) is 18.2 Å². The summed E-state index contributed by atoms with van der Waals surface area (Å²) in [6.45, 7) is 4.40. The predicted molar refractivity (Wildman–Crippen MR) is 83.7 cm³/mol. The van der Waals surface area contributed by atoms with Crippen LogP contribution in [0.4, 0.5) is 5.95 Å². The smallest absolute Gasteiger partial charge is 0.250 e. The lowest BCUT2D eigenvalue weighted by molar-refractivity contribution is -0.129. The van der Waals surface area contributed by atoms with Gasteiger partial charge in [-0.05, 0) is 12.1 Å². The van der Waals surface area contributed by atoms with Gasteiger partial charge >= 0.3 is 0 Å². The van der Waals surface area contributed by atoms with E-state index >= 15 is 0 Å². The molecule has 7 heteroatoms. The fourth-order valence-electron chi connectivity index (χ4n) is 2.91. The van der Waals surface area contributed by atoms with Gasteiger partial charge in [-0.3, -0.25) is 9.59 Å². The Balaban J connectivity index is 1.95. The number of carbonyl (C=O) groups is 2. The molecular weight excluding hydrogens is 282 g/mol. The molecule has 2 heterocycles. The van der Waals surface area contributed by atoms with E-state index in [1.54, 1.807) is 13.0 Å². The molecule has 1 aliphatic rings. The van der Waals surface area contributed by atoms with Crippen LogP contribution in [-0.4, -0.2) is 52.4 Å². The van der Waals surface area contributed by atoms with E-state index in [9.17, 15) is 9.59 Å². The molecule has 0 radical (unpaired) electrons. The highest BCUT2D eigenvalue weighted by Gasteiger charge is 2.23. The number of rotatable bonds is 2. The number of primary amides is 1. The average Bonchev–Trinajstić information content (AvgIpc) is 2.84. The van der Waals surface area contributed by atoms with Gasteiger partial charge in [-0.2, -0.15) is 0 Å². The van der Waals surface area contributed by atoms with Gasteiger partial charge in [-0.1, -0.05) is 6.07 Å². The number of aryl methyl sites for hydroxylation is 1. The normalized spacial score (nSPS) is 15.4. The quantitative estimate of drug-likeness (QED) is 0.867. The lowest BCUT2D eigenvalue weighted by atomic mass is 10.2. The minimum atomic E-state index is -0.475. The summed E-state index contributed by atoms with van der Waals surface area (Å²) < 4.78 is 1.96. The first-order valence-corrected chi connectivity index (χ1v) is 7.24. The summed E-state index contributed by atoms with van der Waals surface area (Å²) in [6.07, 6.45) is 0. The van der Waals surface area contributed by atoms with Gasteiger partial charge in [-0.15, -0.1) is 0 Å². The molecule has 2 N–H and O–H groups in total. The maximum absolute atomic E-state index is 11.5. The van der Waals surface area contributed by atoms with Crippen LogP contribution in [0.25, 0.3) is 11.0 Å². The van der Waals surface area contributed by atoms with Crippen molar-refractivity contribution >= 4 is 28.8 Å². The Morgan fingerprint density at radius 3 is 2.45 bits per heavy atom. The summed E-state index contributed by atoms with van der Waals surface area (Å²) in [6, 6.07) is 5.42. The van der Waals surface area contributed by atoms with E-state index in [0.717, 1.165) is 24.6 Å². The summed E-state index contributed by atoms with van der Waals surface area (Å²) in [5.41, 5.74) is 7.36. The van der Waals surface area contributed by atoms with Gasteiger partial charge in [0, 0.05) is 40.2 Å². The van der Waals surface area contributed by atoms with Gasteiger partial charge in [-0.25, -0.2) is 4.98 Å². The number of aromatic nitrogens is 2. The second kappa shape index (κ2) is 5.32. The predicted octanol–water partition coefficient (Wildman–Crippen LogP) is 0.341. The molecule has 116 valence electrons. The number of hydrogen-bond acceptors (Lipinski definition) is 4. The number of anilines is 1. The third-order valence-corrected chi connectivity index (χ3v) is 4.16. The summed E-state index contributed by atoms with van der Waals surface area (Å²) in [4.78, 5) is 31.5. The minimum absolute atomic E-state index is 0.0978. The van der Waals surface area contributed by atoms with E-state index in [4.69, 9.17) is 5.73 Å². The maximum atomic E-state index is 11.5. The molecule has 3 rings (SSSR count). The fourth-order valence-corrected chi connectivity index (χ4v) is 2.91. The average molecular weight is 301 g/mol. The highest BCUT2D eigenvalue weighted by atomic mass is 16.2. The molecule has 0 saturated carbocycles. The zero-order chi connectivity index (χ0) is 15.9. The van der Waals surface area contributed by atoms with E-state index < -0.39 is 5.91 Å². The molecule has 2 aromatic rings. The SMILES string of the molecule is CC(=O)N1CCN(c2nc3c(C(N)=O)cccc3n2C)CC1. The molecule has 0 bridgehead atoms. The molecule has 0 spiro atoms. The third kappa shape index (κ3) is 2.28. The first kappa shape index (κ1) is 14.4. The molecule has 2 amide bonds. The summed E-state index contributed by atoms with van der Waals surface area (Å²) in [5.74, 6) is 0.421. The van der Waals surface area contributed by atoms with E-state index in [0.29, 0.717) is 24.2 Å². The molecule has 7 nitrogen and oxygen atoms in total. The van der Waals surface area contributed by atoms with Crippen molar-refractivity contribution in [2.24, 2.45) is 12.8 Å². The number of nitrogens with zero attached hydrogens (tertiary/aromatic N) is 4. The molecule has 0 unspecified atom stereocenters. The van der Waals surface area contributed by atoms with Gasteiger partial charge in [0.25, 0.3) is 5.91 Å². The topological polar surface area (TPSA) is 84.5 Å². The lowest BCUT2D eigenvalue weighted by Gasteiger charge is -2.34.